The molecule has 3 fully saturated rings. The largest absolute Gasteiger partial charge is 0.101 e. The highest BCUT2D eigenvalue weighted by Crippen LogP contribution is 2.57. The smallest absolute Gasteiger partial charge is 0.0446 e. The maximum Gasteiger partial charge on any atom is 0.101 e. The summed E-state index contributed by atoms with van der Waals surface area (Å²) in [5, 5.41) is 0. The Morgan fingerprint density at radius 3 is 1.36 bits per heavy atom. The topological polar surface area (TPSA) is 0 Å². The van der Waals surface area contributed by atoms with E-state index in [0.717, 1.165) is 17.8 Å². The van der Waals surface area contributed by atoms with Crippen LogP contribution in [-0.2, 0) is 0 Å². The number of hydrogen-bond acceptors (Lipinski definition) is 0. The molecule has 0 nitrogen and oxygen atoms in total. The molecular formula is C11H17+. The van der Waals surface area contributed by atoms with E-state index in [1.807, 2.05) is 5.92 Å². The van der Waals surface area contributed by atoms with Gasteiger partial charge in [0.15, 0.2) is 0 Å². The summed E-state index contributed by atoms with van der Waals surface area (Å²) < 4.78 is 0. The van der Waals surface area contributed by atoms with Crippen LogP contribution in [0.25, 0.3) is 0 Å². The normalized spacial score (nSPS) is 31.6. The fourth-order valence-electron chi connectivity index (χ4n) is 2.57. The first-order valence-electron chi connectivity index (χ1n) is 5.32. The van der Waals surface area contributed by atoms with Gasteiger partial charge >= 0.3 is 0 Å². The lowest BCUT2D eigenvalue weighted by molar-refractivity contribution is 0.293. The second-order valence-corrected chi connectivity index (χ2v) is 4.68. The Kier molecular flexibility index (Phi) is 1.27. The predicted molar refractivity (Wildman–Crippen MR) is 46.0 cm³/mol. The average molecular weight is 149 g/mol. The molecule has 60 valence electrons. The molecule has 0 aromatic carbocycles. The van der Waals surface area contributed by atoms with Crippen molar-refractivity contribution >= 4 is 0 Å². The van der Waals surface area contributed by atoms with Crippen LogP contribution in [0.4, 0.5) is 0 Å². The van der Waals surface area contributed by atoms with Gasteiger partial charge in [-0.2, -0.15) is 0 Å². The Balaban J connectivity index is 1.66. The molecule has 0 radical (unpaired) electrons. The molecule has 3 saturated carbocycles. The summed E-state index contributed by atoms with van der Waals surface area (Å²) in [7, 11) is 0. The highest BCUT2D eigenvalue weighted by molar-refractivity contribution is 5.16. The first-order valence-corrected chi connectivity index (χ1v) is 5.32. The lowest BCUT2D eigenvalue weighted by atomic mass is 9.71. The SMILES string of the molecule is C1CC([C+](C2CC2)C2CC2)C1. The minimum Gasteiger partial charge on any atom is -0.0446 e. The lowest BCUT2D eigenvalue weighted by Gasteiger charge is -2.24. The van der Waals surface area contributed by atoms with Gasteiger partial charge < -0.3 is 0 Å². The van der Waals surface area contributed by atoms with Gasteiger partial charge in [-0.05, 0) is 44.9 Å². The van der Waals surface area contributed by atoms with E-state index >= 15 is 0 Å². The van der Waals surface area contributed by atoms with Gasteiger partial charge in [0, 0.05) is 0 Å². The number of rotatable bonds is 3. The van der Waals surface area contributed by atoms with Crippen molar-refractivity contribution in [3.05, 3.63) is 5.92 Å². The molecule has 0 bridgehead atoms. The fraction of sp³-hybridized carbons (Fsp3) is 0.909. The molecule has 3 aliphatic rings. The van der Waals surface area contributed by atoms with Crippen molar-refractivity contribution in [2.24, 2.45) is 17.8 Å². The Hall–Kier alpha value is -0.130. The summed E-state index contributed by atoms with van der Waals surface area (Å²) in [6.45, 7) is 0. The van der Waals surface area contributed by atoms with E-state index in [2.05, 4.69) is 0 Å². The summed E-state index contributed by atoms with van der Waals surface area (Å²) in [5.74, 6) is 5.38. The van der Waals surface area contributed by atoms with Crippen LogP contribution in [0.3, 0.4) is 0 Å². The van der Waals surface area contributed by atoms with Crippen LogP contribution >= 0.6 is 0 Å². The maximum atomic E-state index is 2.04. The molecule has 11 heavy (non-hydrogen) atoms. The van der Waals surface area contributed by atoms with E-state index in [9.17, 15) is 0 Å². The first kappa shape index (κ1) is 6.39. The summed E-state index contributed by atoms with van der Waals surface area (Å²) in [6.07, 6.45) is 10.8. The Morgan fingerprint density at radius 1 is 0.636 bits per heavy atom. The molecule has 0 atom stereocenters. The lowest BCUT2D eigenvalue weighted by Crippen LogP contribution is -2.23. The van der Waals surface area contributed by atoms with E-state index in [4.69, 9.17) is 0 Å². The molecule has 0 heterocycles. The minimum absolute atomic E-state index is 1.11. The molecule has 0 N–H and O–H groups in total. The number of hydrogen-bond donors (Lipinski definition) is 0. The van der Waals surface area contributed by atoms with E-state index in [0.29, 0.717) is 0 Å². The van der Waals surface area contributed by atoms with Gasteiger partial charge in [0.05, 0.1) is 5.92 Å². The molecular weight excluding hydrogens is 132 g/mol. The van der Waals surface area contributed by atoms with Crippen molar-refractivity contribution in [3.8, 4) is 0 Å². The quantitative estimate of drug-likeness (QED) is 0.541. The standard InChI is InChI=1S/C11H17/c1-2-8(3-1)11(9-4-5-9)10-6-7-10/h8-10H,1-7H2/q+1. The van der Waals surface area contributed by atoms with Gasteiger partial charge in [0.25, 0.3) is 0 Å². The molecule has 0 aliphatic heterocycles. The molecule has 0 heteroatoms. The van der Waals surface area contributed by atoms with Crippen molar-refractivity contribution in [2.45, 2.75) is 44.9 Å². The molecule has 0 unspecified atom stereocenters. The highest BCUT2D eigenvalue weighted by atomic mass is 14.5. The second kappa shape index (κ2) is 2.18. The molecule has 0 spiro atoms. The zero-order valence-corrected chi connectivity index (χ0v) is 7.18. The van der Waals surface area contributed by atoms with Crippen LogP contribution in [0, 0.1) is 23.7 Å². The van der Waals surface area contributed by atoms with Crippen molar-refractivity contribution in [1.82, 2.24) is 0 Å². The van der Waals surface area contributed by atoms with Crippen LogP contribution in [-0.4, -0.2) is 0 Å². The van der Waals surface area contributed by atoms with E-state index in [1.165, 1.54) is 6.42 Å². The van der Waals surface area contributed by atoms with Crippen LogP contribution in [0.5, 0.6) is 0 Å². The van der Waals surface area contributed by atoms with Crippen LogP contribution < -0.4 is 0 Å². The highest BCUT2D eigenvalue weighted by Gasteiger charge is 2.56. The predicted octanol–water partition coefficient (Wildman–Crippen LogP) is 3.18. The van der Waals surface area contributed by atoms with Crippen molar-refractivity contribution in [3.63, 3.8) is 0 Å². The van der Waals surface area contributed by atoms with Crippen molar-refractivity contribution < 1.29 is 0 Å². The zero-order chi connectivity index (χ0) is 7.26. The third-order valence-electron chi connectivity index (χ3n) is 3.67. The fourth-order valence-corrected chi connectivity index (χ4v) is 2.57. The monoisotopic (exact) mass is 149 g/mol. The van der Waals surface area contributed by atoms with Crippen molar-refractivity contribution in [1.29, 1.82) is 0 Å². The van der Waals surface area contributed by atoms with Gasteiger partial charge in [-0.15, -0.1) is 0 Å². The van der Waals surface area contributed by atoms with Gasteiger partial charge in [-0.25, -0.2) is 0 Å². The molecule has 0 aromatic heterocycles. The third-order valence-corrected chi connectivity index (χ3v) is 3.67. The Bertz CT molecular complexity index is 137. The van der Waals surface area contributed by atoms with E-state index in [-0.39, 0.29) is 0 Å². The molecule has 3 aliphatic carbocycles. The average Bonchev–Trinajstić information content (AvgIpc) is 2.74. The van der Waals surface area contributed by atoms with Crippen molar-refractivity contribution in [2.75, 3.05) is 0 Å². The third kappa shape index (κ3) is 1.07. The molecule has 3 rings (SSSR count). The van der Waals surface area contributed by atoms with Gasteiger partial charge in [0.2, 0.25) is 0 Å². The first-order chi connectivity index (χ1) is 5.45. The maximum absolute atomic E-state index is 2.04. The van der Waals surface area contributed by atoms with Gasteiger partial charge in [0.1, 0.15) is 17.8 Å². The molecule has 0 aromatic rings. The van der Waals surface area contributed by atoms with Gasteiger partial charge in [-0.1, -0.05) is 0 Å². The van der Waals surface area contributed by atoms with Crippen LogP contribution in [0.2, 0.25) is 0 Å². The van der Waals surface area contributed by atoms with E-state index < -0.39 is 0 Å². The Labute approximate surface area is 69.4 Å². The Morgan fingerprint density at radius 2 is 1.09 bits per heavy atom. The van der Waals surface area contributed by atoms with Gasteiger partial charge in [-0.3, -0.25) is 0 Å². The summed E-state index contributed by atoms with van der Waals surface area (Å²) in [4.78, 5) is 0. The summed E-state index contributed by atoms with van der Waals surface area (Å²) in [6, 6.07) is 0. The molecule has 0 saturated heterocycles. The zero-order valence-electron chi connectivity index (χ0n) is 7.18. The summed E-state index contributed by atoms with van der Waals surface area (Å²) in [5.41, 5.74) is 0. The minimum atomic E-state index is 1.11. The van der Waals surface area contributed by atoms with E-state index in [1.54, 1.807) is 38.5 Å². The van der Waals surface area contributed by atoms with Crippen LogP contribution in [0.15, 0.2) is 0 Å². The molecule has 0 amide bonds. The summed E-state index contributed by atoms with van der Waals surface area (Å²) >= 11 is 0. The second-order valence-electron chi connectivity index (χ2n) is 4.68. The van der Waals surface area contributed by atoms with Crippen LogP contribution in [0.1, 0.15) is 44.9 Å².